The fourth-order valence-electron chi connectivity index (χ4n) is 2.23. The highest BCUT2D eigenvalue weighted by Gasteiger charge is 2.30. The maximum atomic E-state index is 11.6. The first-order valence-corrected chi connectivity index (χ1v) is 5.50. The first-order valence-electron chi connectivity index (χ1n) is 5.50. The Bertz CT molecular complexity index is 455. The number of benzene rings is 1. The van der Waals surface area contributed by atoms with Crippen molar-refractivity contribution in [3.05, 3.63) is 29.8 Å². The molecule has 1 unspecified atom stereocenters. The van der Waals surface area contributed by atoms with Crippen molar-refractivity contribution in [3.63, 3.8) is 0 Å². The van der Waals surface area contributed by atoms with E-state index in [4.69, 9.17) is 0 Å². The molecule has 0 aromatic heterocycles. The van der Waals surface area contributed by atoms with Gasteiger partial charge in [0, 0.05) is 13.1 Å². The van der Waals surface area contributed by atoms with E-state index in [1.54, 1.807) is 6.34 Å². The molecule has 0 spiro atoms. The normalized spacial score (nSPS) is 23.1. The number of nitrogens with zero attached hydrogens (tertiary/aromatic N) is 2. The third-order valence-corrected chi connectivity index (χ3v) is 3.11. The Hall–Kier alpha value is -1.84. The van der Waals surface area contributed by atoms with Crippen molar-refractivity contribution < 1.29 is 4.79 Å². The first-order chi connectivity index (χ1) is 7.84. The first kappa shape index (κ1) is 9.39. The van der Waals surface area contributed by atoms with Crippen molar-refractivity contribution in [2.75, 3.05) is 6.54 Å². The molecule has 2 aliphatic rings. The molecule has 82 valence electrons. The van der Waals surface area contributed by atoms with E-state index in [0.29, 0.717) is 0 Å². The van der Waals surface area contributed by atoms with Crippen LogP contribution in [0.15, 0.2) is 29.3 Å². The van der Waals surface area contributed by atoms with E-state index >= 15 is 0 Å². The Balaban J connectivity index is 1.85. The van der Waals surface area contributed by atoms with Crippen LogP contribution in [0, 0.1) is 0 Å². The Kier molecular flexibility index (Phi) is 2.13. The number of para-hydroxylation sites is 1. The molecular formula is C12H13N3O. The summed E-state index contributed by atoms with van der Waals surface area (Å²) in [5.74, 6) is 0.117. The molecule has 4 heteroatoms. The van der Waals surface area contributed by atoms with Crippen LogP contribution in [0.25, 0.3) is 0 Å². The molecular weight excluding hydrogens is 202 g/mol. The summed E-state index contributed by atoms with van der Waals surface area (Å²) in [5, 5.41) is 2.85. The van der Waals surface area contributed by atoms with Crippen molar-refractivity contribution >= 4 is 17.9 Å². The SMILES string of the molecule is O=C1NCCC1N1C=Nc2ccccc2C1. The molecule has 16 heavy (non-hydrogen) atoms. The fraction of sp³-hybridized carbons (Fsp3) is 0.333. The van der Waals surface area contributed by atoms with Crippen LogP contribution in [0.1, 0.15) is 12.0 Å². The molecule has 1 fully saturated rings. The molecule has 0 saturated carbocycles. The number of aliphatic imine (C=N–C) groups is 1. The highest BCUT2D eigenvalue weighted by atomic mass is 16.2. The van der Waals surface area contributed by atoms with Gasteiger partial charge in [0.1, 0.15) is 6.04 Å². The van der Waals surface area contributed by atoms with Crippen molar-refractivity contribution in [1.29, 1.82) is 0 Å². The number of hydrogen-bond acceptors (Lipinski definition) is 3. The van der Waals surface area contributed by atoms with Crippen molar-refractivity contribution in [2.24, 2.45) is 4.99 Å². The minimum atomic E-state index is -0.0443. The van der Waals surface area contributed by atoms with Gasteiger partial charge in [-0.25, -0.2) is 4.99 Å². The predicted molar refractivity (Wildman–Crippen MR) is 61.6 cm³/mol. The molecule has 2 heterocycles. The second-order valence-electron chi connectivity index (χ2n) is 4.14. The molecule has 4 nitrogen and oxygen atoms in total. The molecule has 1 aromatic carbocycles. The Morgan fingerprint density at radius 1 is 1.38 bits per heavy atom. The van der Waals surface area contributed by atoms with Gasteiger partial charge in [0.05, 0.1) is 12.0 Å². The van der Waals surface area contributed by atoms with Crippen molar-refractivity contribution in [1.82, 2.24) is 10.2 Å². The summed E-state index contributed by atoms with van der Waals surface area (Å²) in [4.78, 5) is 18.0. The van der Waals surface area contributed by atoms with Gasteiger partial charge in [-0.15, -0.1) is 0 Å². The Morgan fingerprint density at radius 2 is 2.25 bits per heavy atom. The number of nitrogens with one attached hydrogen (secondary N) is 1. The van der Waals surface area contributed by atoms with Crippen LogP contribution in [-0.2, 0) is 11.3 Å². The second kappa shape index (κ2) is 3.63. The third-order valence-electron chi connectivity index (χ3n) is 3.11. The predicted octanol–water partition coefficient (Wildman–Crippen LogP) is 1.05. The lowest BCUT2D eigenvalue weighted by molar-refractivity contribution is -0.122. The van der Waals surface area contributed by atoms with Gasteiger partial charge in [-0.2, -0.15) is 0 Å². The van der Waals surface area contributed by atoms with Crippen LogP contribution in [-0.4, -0.2) is 29.7 Å². The van der Waals surface area contributed by atoms with Crippen LogP contribution >= 0.6 is 0 Å². The molecule has 2 aliphatic heterocycles. The van der Waals surface area contributed by atoms with Gasteiger partial charge in [-0.1, -0.05) is 18.2 Å². The molecule has 3 rings (SSSR count). The lowest BCUT2D eigenvalue weighted by atomic mass is 10.1. The van der Waals surface area contributed by atoms with E-state index in [0.717, 1.165) is 25.2 Å². The van der Waals surface area contributed by atoms with Gasteiger partial charge >= 0.3 is 0 Å². The monoisotopic (exact) mass is 215 g/mol. The maximum Gasteiger partial charge on any atom is 0.242 e. The van der Waals surface area contributed by atoms with Crippen LogP contribution in [0.3, 0.4) is 0 Å². The Morgan fingerprint density at radius 3 is 3.06 bits per heavy atom. The van der Waals surface area contributed by atoms with Crippen LogP contribution in [0.4, 0.5) is 5.69 Å². The van der Waals surface area contributed by atoms with Crippen LogP contribution in [0.5, 0.6) is 0 Å². The number of rotatable bonds is 1. The van der Waals surface area contributed by atoms with Gasteiger partial charge in [0.25, 0.3) is 0 Å². The average molecular weight is 215 g/mol. The number of amides is 1. The standard InChI is InChI=1S/C12H13N3O/c16-12-11(5-6-13-12)15-7-9-3-1-2-4-10(9)14-8-15/h1-4,8,11H,5-7H2,(H,13,16). The summed E-state index contributed by atoms with van der Waals surface area (Å²) in [5.41, 5.74) is 2.20. The zero-order chi connectivity index (χ0) is 11.0. The number of hydrogen-bond donors (Lipinski definition) is 1. The van der Waals surface area contributed by atoms with Gasteiger partial charge in [0.15, 0.2) is 0 Å². The highest BCUT2D eigenvalue weighted by molar-refractivity contribution is 5.86. The average Bonchev–Trinajstić information content (AvgIpc) is 2.75. The van der Waals surface area contributed by atoms with E-state index < -0.39 is 0 Å². The zero-order valence-corrected chi connectivity index (χ0v) is 8.89. The van der Waals surface area contributed by atoms with Gasteiger partial charge in [-0.05, 0) is 18.1 Å². The zero-order valence-electron chi connectivity index (χ0n) is 8.89. The molecule has 0 radical (unpaired) electrons. The fourth-order valence-corrected chi connectivity index (χ4v) is 2.23. The smallest absolute Gasteiger partial charge is 0.242 e. The second-order valence-corrected chi connectivity index (χ2v) is 4.14. The van der Waals surface area contributed by atoms with Crippen molar-refractivity contribution in [3.8, 4) is 0 Å². The van der Waals surface area contributed by atoms with Gasteiger partial charge in [0.2, 0.25) is 5.91 Å². The minimum absolute atomic E-state index is 0.0443. The largest absolute Gasteiger partial charge is 0.354 e. The molecule has 1 aromatic rings. The lowest BCUT2D eigenvalue weighted by Crippen LogP contribution is -2.40. The van der Waals surface area contributed by atoms with Gasteiger partial charge < -0.3 is 10.2 Å². The van der Waals surface area contributed by atoms with Crippen LogP contribution < -0.4 is 5.32 Å². The topological polar surface area (TPSA) is 44.7 Å². The number of carbonyl (C=O) groups excluding carboxylic acids is 1. The highest BCUT2D eigenvalue weighted by Crippen LogP contribution is 2.25. The van der Waals surface area contributed by atoms with Crippen LogP contribution in [0.2, 0.25) is 0 Å². The van der Waals surface area contributed by atoms with Crippen molar-refractivity contribution in [2.45, 2.75) is 19.0 Å². The molecule has 1 saturated heterocycles. The quantitative estimate of drug-likeness (QED) is 0.761. The molecule has 0 aliphatic carbocycles. The third kappa shape index (κ3) is 1.46. The Labute approximate surface area is 94.0 Å². The van der Waals surface area contributed by atoms with Gasteiger partial charge in [-0.3, -0.25) is 4.79 Å². The maximum absolute atomic E-state index is 11.6. The summed E-state index contributed by atoms with van der Waals surface area (Å²) in [7, 11) is 0. The van der Waals surface area contributed by atoms with E-state index in [-0.39, 0.29) is 11.9 Å². The summed E-state index contributed by atoms with van der Waals surface area (Å²) in [6.07, 6.45) is 2.66. The van der Waals surface area contributed by atoms with E-state index in [1.807, 2.05) is 23.1 Å². The summed E-state index contributed by atoms with van der Waals surface area (Å²) in [6.45, 7) is 1.55. The molecule has 1 N–H and O–H groups in total. The summed E-state index contributed by atoms with van der Waals surface area (Å²) >= 11 is 0. The summed E-state index contributed by atoms with van der Waals surface area (Å²) < 4.78 is 0. The number of fused-ring (bicyclic) bond motifs is 1. The molecule has 1 atom stereocenters. The van der Waals surface area contributed by atoms with E-state index in [1.165, 1.54) is 5.56 Å². The lowest BCUT2D eigenvalue weighted by Gasteiger charge is -2.28. The summed E-state index contributed by atoms with van der Waals surface area (Å²) in [6, 6.07) is 8.00. The molecule has 1 amide bonds. The minimum Gasteiger partial charge on any atom is -0.354 e. The van der Waals surface area contributed by atoms with E-state index in [9.17, 15) is 4.79 Å². The molecule has 0 bridgehead atoms. The van der Waals surface area contributed by atoms with E-state index in [2.05, 4.69) is 16.4 Å². The number of carbonyl (C=O) groups is 1.